The normalized spacial score (nSPS) is 35.4. The molecule has 6 rings (SSSR count). The van der Waals surface area contributed by atoms with Gasteiger partial charge in [-0.25, -0.2) is 0 Å². The molecular formula is C22H21NO5. The number of allylic oxidation sites excluding steroid dienone is 2. The van der Waals surface area contributed by atoms with E-state index in [1.807, 2.05) is 0 Å². The number of rotatable bonds is 5. The largest absolute Gasteiger partial charge is 0.453 e. The van der Waals surface area contributed by atoms with Crippen molar-refractivity contribution in [3.05, 3.63) is 48.0 Å². The number of esters is 1. The Balaban J connectivity index is 1.26. The van der Waals surface area contributed by atoms with Gasteiger partial charge in [-0.2, -0.15) is 0 Å². The molecule has 6 nitrogen and oxygen atoms in total. The van der Waals surface area contributed by atoms with Gasteiger partial charge in [-0.15, -0.1) is 0 Å². The highest BCUT2D eigenvalue weighted by molar-refractivity contribution is 6.08. The number of ketones is 1. The molecule has 5 aliphatic rings. The summed E-state index contributed by atoms with van der Waals surface area (Å²) in [4.78, 5) is 51.5. The van der Waals surface area contributed by atoms with Crippen LogP contribution in [0.25, 0.3) is 0 Å². The van der Waals surface area contributed by atoms with Crippen LogP contribution in [0.1, 0.15) is 23.7 Å². The zero-order valence-corrected chi connectivity index (χ0v) is 15.5. The number of ether oxygens (including phenoxy) is 1. The molecule has 1 aromatic rings. The van der Waals surface area contributed by atoms with E-state index >= 15 is 0 Å². The molecular weight excluding hydrogens is 358 g/mol. The van der Waals surface area contributed by atoms with E-state index in [1.54, 1.807) is 30.3 Å². The summed E-state index contributed by atoms with van der Waals surface area (Å²) in [5, 5.41) is 0. The summed E-state index contributed by atoms with van der Waals surface area (Å²) in [5.74, 6) is -0.965. The van der Waals surface area contributed by atoms with Crippen LogP contribution in [-0.2, 0) is 19.1 Å². The maximum Gasteiger partial charge on any atom is 0.326 e. The predicted molar refractivity (Wildman–Crippen MR) is 97.7 cm³/mol. The fourth-order valence-corrected chi connectivity index (χ4v) is 5.43. The van der Waals surface area contributed by atoms with Gasteiger partial charge in [0.15, 0.2) is 6.10 Å². The molecule has 144 valence electrons. The summed E-state index contributed by atoms with van der Waals surface area (Å²) in [5.41, 5.74) is 0.448. The lowest BCUT2D eigenvalue weighted by molar-refractivity contribution is -0.154. The Morgan fingerprint density at radius 3 is 2.18 bits per heavy atom. The summed E-state index contributed by atoms with van der Waals surface area (Å²) in [7, 11) is 0. The lowest BCUT2D eigenvalue weighted by atomic mass is 9.63. The van der Waals surface area contributed by atoms with Crippen LogP contribution in [0.2, 0.25) is 0 Å². The monoisotopic (exact) mass is 379 g/mol. The minimum absolute atomic E-state index is 0.121. The van der Waals surface area contributed by atoms with Gasteiger partial charge >= 0.3 is 5.97 Å². The first-order valence-corrected chi connectivity index (χ1v) is 9.79. The summed E-state index contributed by atoms with van der Waals surface area (Å²) in [6, 6.07) is 8.57. The first kappa shape index (κ1) is 17.3. The summed E-state index contributed by atoms with van der Waals surface area (Å²) in [6.07, 6.45) is 4.30. The van der Waals surface area contributed by atoms with Crippen LogP contribution in [0.4, 0.5) is 0 Å². The number of likely N-dealkylation sites (tertiary alicyclic amines) is 1. The molecule has 28 heavy (non-hydrogen) atoms. The van der Waals surface area contributed by atoms with Crippen molar-refractivity contribution in [2.75, 3.05) is 6.54 Å². The molecule has 2 saturated carbocycles. The Morgan fingerprint density at radius 2 is 1.61 bits per heavy atom. The quantitative estimate of drug-likeness (QED) is 0.338. The second kappa shape index (κ2) is 6.12. The average molecular weight is 379 g/mol. The smallest absolute Gasteiger partial charge is 0.326 e. The van der Waals surface area contributed by atoms with Crippen molar-refractivity contribution >= 4 is 23.6 Å². The minimum atomic E-state index is -0.976. The van der Waals surface area contributed by atoms with Crippen molar-refractivity contribution in [2.24, 2.45) is 35.5 Å². The van der Waals surface area contributed by atoms with E-state index in [4.69, 9.17) is 4.74 Å². The zero-order chi connectivity index (χ0) is 19.6. The van der Waals surface area contributed by atoms with Gasteiger partial charge in [0.05, 0.1) is 11.8 Å². The topological polar surface area (TPSA) is 80.8 Å². The number of nitrogens with zero attached hydrogens (tertiary/aromatic N) is 1. The van der Waals surface area contributed by atoms with E-state index in [0.717, 1.165) is 11.3 Å². The molecule has 2 amide bonds. The first-order valence-electron chi connectivity index (χ1n) is 9.79. The van der Waals surface area contributed by atoms with E-state index in [2.05, 4.69) is 12.2 Å². The Hall–Kier alpha value is -2.76. The van der Waals surface area contributed by atoms with Crippen molar-refractivity contribution in [1.29, 1.82) is 0 Å². The van der Waals surface area contributed by atoms with E-state index in [-0.39, 0.29) is 41.3 Å². The van der Waals surface area contributed by atoms with Gasteiger partial charge in [0, 0.05) is 5.56 Å². The Morgan fingerprint density at radius 1 is 1.04 bits per heavy atom. The highest BCUT2D eigenvalue weighted by Gasteiger charge is 2.67. The van der Waals surface area contributed by atoms with E-state index in [1.165, 1.54) is 6.92 Å². The third-order valence-electron chi connectivity index (χ3n) is 6.78. The van der Waals surface area contributed by atoms with E-state index in [9.17, 15) is 19.2 Å². The molecule has 2 bridgehead atoms. The molecule has 1 aromatic carbocycles. The van der Waals surface area contributed by atoms with Crippen molar-refractivity contribution < 1.29 is 23.9 Å². The molecule has 0 spiro atoms. The lowest BCUT2D eigenvalue weighted by Gasteiger charge is -2.37. The average Bonchev–Trinajstić information content (AvgIpc) is 3.49. The third kappa shape index (κ3) is 2.47. The van der Waals surface area contributed by atoms with Crippen molar-refractivity contribution in [3.8, 4) is 0 Å². The third-order valence-corrected chi connectivity index (χ3v) is 6.78. The van der Waals surface area contributed by atoms with Crippen LogP contribution >= 0.6 is 0 Å². The Kier molecular flexibility index (Phi) is 3.79. The molecule has 4 aliphatic carbocycles. The minimum Gasteiger partial charge on any atom is -0.453 e. The highest BCUT2D eigenvalue weighted by Crippen LogP contribution is 2.65. The summed E-state index contributed by atoms with van der Waals surface area (Å²) in [6.45, 7) is 1.07. The summed E-state index contributed by atoms with van der Waals surface area (Å²) < 4.78 is 5.23. The second-order valence-electron chi connectivity index (χ2n) is 8.28. The fraction of sp³-hybridized carbons (Fsp3) is 0.455. The van der Waals surface area contributed by atoms with Crippen molar-refractivity contribution in [1.82, 2.24) is 4.90 Å². The number of Topliss-reactive ketones (excluding diaryl/α,β-unsaturated/α-hetero) is 1. The maximum atomic E-state index is 12.9. The van der Waals surface area contributed by atoms with Gasteiger partial charge in [0.1, 0.15) is 6.54 Å². The first-order chi connectivity index (χ1) is 13.5. The highest BCUT2D eigenvalue weighted by atomic mass is 16.5. The number of hydrogen-bond donors (Lipinski definition) is 0. The predicted octanol–water partition coefficient (Wildman–Crippen LogP) is 1.85. The van der Waals surface area contributed by atoms with E-state index in [0.29, 0.717) is 17.4 Å². The SMILES string of the molecule is C[C@@H](OC(=O)CN1C(=O)[C@H]2[C@@H]3C=C[C@H]([C@H]4C[C@H]34)[C@@H]2C1=O)C(=O)c1ccccc1. The number of carbonyl (C=O) groups is 4. The van der Waals surface area contributed by atoms with Crippen molar-refractivity contribution in [2.45, 2.75) is 19.4 Å². The Bertz CT molecular complexity index is 871. The van der Waals surface area contributed by atoms with Crippen LogP contribution < -0.4 is 0 Å². The maximum absolute atomic E-state index is 12.9. The van der Waals surface area contributed by atoms with Crippen LogP contribution in [0.5, 0.6) is 0 Å². The van der Waals surface area contributed by atoms with Crippen LogP contribution in [0.3, 0.4) is 0 Å². The molecule has 3 fully saturated rings. The second-order valence-corrected chi connectivity index (χ2v) is 8.28. The summed E-state index contributed by atoms with van der Waals surface area (Å²) >= 11 is 0. The van der Waals surface area contributed by atoms with Gasteiger partial charge < -0.3 is 4.74 Å². The van der Waals surface area contributed by atoms with Gasteiger partial charge in [-0.1, -0.05) is 42.5 Å². The van der Waals surface area contributed by atoms with E-state index < -0.39 is 18.6 Å². The molecule has 7 atom stereocenters. The number of imide groups is 1. The number of hydrogen-bond acceptors (Lipinski definition) is 5. The van der Waals surface area contributed by atoms with Gasteiger partial charge in [-0.05, 0) is 37.0 Å². The molecule has 0 N–H and O–H groups in total. The van der Waals surface area contributed by atoms with Crippen LogP contribution in [0.15, 0.2) is 42.5 Å². The molecule has 0 unspecified atom stereocenters. The van der Waals surface area contributed by atoms with Gasteiger partial charge in [0.25, 0.3) is 0 Å². The zero-order valence-electron chi connectivity index (χ0n) is 15.5. The van der Waals surface area contributed by atoms with Gasteiger partial charge in [0.2, 0.25) is 17.6 Å². The molecule has 1 saturated heterocycles. The fourth-order valence-electron chi connectivity index (χ4n) is 5.43. The Labute approximate surface area is 162 Å². The number of benzene rings is 1. The molecule has 0 radical (unpaired) electrons. The number of amides is 2. The van der Waals surface area contributed by atoms with Crippen LogP contribution in [-0.4, -0.2) is 41.1 Å². The molecule has 1 heterocycles. The molecule has 6 heteroatoms. The van der Waals surface area contributed by atoms with Crippen LogP contribution in [0, 0.1) is 35.5 Å². The molecule has 0 aromatic heterocycles. The number of carbonyl (C=O) groups excluding carboxylic acids is 4. The van der Waals surface area contributed by atoms with Gasteiger partial charge in [-0.3, -0.25) is 24.1 Å². The van der Waals surface area contributed by atoms with Crippen molar-refractivity contribution in [3.63, 3.8) is 0 Å². The standard InChI is InChI=1S/C22H21NO5/c1-11(20(25)12-5-3-2-4-6-12)28-17(24)10-23-21(26)18-13-7-8-14(16-9-15(13)16)19(18)22(23)27/h2-8,11,13-16,18-19H,9-10H2,1H3/t11-,13-,14-,15-,16-,18+,19+/m1/s1. The molecule has 1 aliphatic heterocycles. The lowest BCUT2D eigenvalue weighted by Crippen LogP contribution is -2.40.